The van der Waals surface area contributed by atoms with Crippen molar-refractivity contribution in [1.29, 1.82) is 5.26 Å². The molecule has 2 N–H and O–H groups in total. The molecule has 126 valence electrons. The van der Waals surface area contributed by atoms with Crippen LogP contribution in [0.2, 0.25) is 0 Å². The molecule has 0 amide bonds. The number of nitriles is 1. The number of benzene rings is 2. The van der Waals surface area contributed by atoms with Gasteiger partial charge in [-0.3, -0.25) is 0 Å². The fourth-order valence-corrected chi connectivity index (χ4v) is 2.14. The molecule has 0 aromatic heterocycles. The van der Waals surface area contributed by atoms with Crippen LogP contribution in [-0.2, 0) is 6.18 Å². The summed E-state index contributed by atoms with van der Waals surface area (Å²) in [6.07, 6.45) is -6.42. The lowest BCUT2D eigenvalue weighted by Crippen LogP contribution is -2.18. The van der Waals surface area contributed by atoms with Crippen LogP contribution in [0.3, 0.4) is 0 Å². The molecular formula is C16H11F5N2O. The lowest BCUT2D eigenvalue weighted by atomic mass is 10.1. The van der Waals surface area contributed by atoms with Gasteiger partial charge in [0.25, 0.3) is 0 Å². The van der Waals surface area contributed by atoms with Gasteiger partial charge in [-0.05, 0) is 30.3 Å². The molecule has 2 aromatic carbocycles. The molecular weight excluding hydrogens is 331 g/mol. The van der Waals surface area contributed by atoms with Crippen LogP contribution in [-0.4, -0.2) is 11.7 Å². The zero-order valence-electron chi connectivity index (χ0n) is 12.0. The van der Waals surface area contributed by atoms with Crippen molar-refractivity contribution in [2.45, 2.75) is 12.3 Å². The van der Waals surface area contributed by atoms with Crippen molar-refractivity contribution in [2.24, 2.45) is 0 Å². The van der Waals surface area contributed by atoms with E-state index < -0.39 is 47.3 Å². The minimum atomic E-state index is -4.73. The number of anilines is 1. The normalized spacial score (nSPS) is 12.5. The minimum absolute atomic E-state index is 0.187. The van der Waals surface area contributed by atoms with E-state index in [9.17, 15) is 27.1 Å². The Balaban J connectivity index is 2.25. The largest absolute Gasteiger partial charge is 0.418 e. The van der Waals surface area contributed by atoms with Crippen molar-refractivity contribution in [3.8, 4) is 6.07 Å². The predicted molar refractivity (Wildman–Crippen MR) is 76.0 cm³/mol. The SMILES string of the molecule is N#Cc1ccc(NCC(O)c2c(F)cccc2F)c(C(F)(F)F)c1. The van der Waals surface area contributed by atoms with Crippen molar-refractivity contribution in [3.05, 3.63) is 64.7 Å². The number of aliphatic hydroxyl groups excluding tert-OH is 1. The molecule has 2 rings (SSSR count). The van der Waals surface area contributed by atoms with E-state index in [2.05, 4.69) is 5.32 Å². The van der Waals surface area contributed by atoms with Gasteiger partial charge in [-0.1, -0.05) is 6.07 Å². The van der Waals surface area contributed by atoms with Gasteiger partial charge in [-0.2, -0.15) is 18.4 Å². The van der Waals surface area contributed by atoms with Crippen molar-refractivity contribution in [2.75, 3.05) is 11.9 Å². The maximum atomic E-state index is 13.6. The van der Waals surface area contributed by atoms with E-state index in [4.69, 9.17) is 5.26 Å². The van der Waals surface area contributed by atoms with E-state index >= 15 is 0 Å². The number of aliphatic hydroxyl groups is 1. The van der Waals surface area contributed by atoms with Gasteiger partial charge in [0.1, 0.15) is 17.7 Å². The molecule has 0 fully saturated rings. The topological polar surface area (TPSA) is 56.0 Å². The lowest BCUT2D eigenvalue weighted by molar-refractivity contribution is -0.137. The Morgan fingerprint density at radius 3 is 2.29 bits per heavy atom. The first kappa shape index (κ1) is 17.7. The number of hydrogen-bond acceptors (Lipinski definition) is 3. The number of hydrogen-bond donors (Lipinski definition) is 2. The Kier molecular flexibility index (Phi) is 5.04. The predicted octanol–water partition coefficient (Wildman–Crippen LogP) is 4.00. The summed E-state index contributed by atoms with van der Waals surface area (Å²) >= 11 is 0. The summed E-state index contributed by atoms with van der Waals surface area (Å²) in [5, 5.41) is 20.9. The second kappa shape index (κ2) is 6.84. The summed E-state index contributed by atoms with van der Waals surface area (Å²) < 4.78 is 66.1. The van der Waals surface area contributed by atoms with Crippen LogP contribution in [0.5, 0.6) is 0 Å². The summed E-state index contributed by atoms with van der Waals surface area (Å²) in [4.78, 5) is 0. The smallest absolute Gasteiger partial charge is 0.386 e. The third-order valence-corrected chi connectivity index (χ3v) is 3.27. The third-order valence-electron chi connectivity index (χ3n) is 3.27. The molecule has 8 heteroatoms. The molecule has 0 aliphatic rings. The van der Waals surface area contributed by atoms with Gasteiger partial charge < -0.3 is 10.4 Å². The first-order chi connectivity index (χ1) is 11.2. The van der Waals surface area contributed by atoms with Crippen LogP contribution in [0, 0.1) is 23.0 Å². The summed E-state index contributed by atoms with van der Waals surface area (Å²) in [6.45, 7) is -0.549. The Morgan fingerprint density at radius 2 is 1.75 bits per heavy atom. The van der Waals surface area contributed by atoms with Gasteiger partial charge in [-0.25, -0.2) is 8.78 Å². The average molecular weight is 342 g/mol. The molecule has 0 bridgehead atoms. The molecule has 24 heavy (non-hydrogen) atoms. The van der Waals surface area contributed by atoms with Crippen LogP contribution in [0.25, 0.3) is 0 Å². The van der Waals surface area contributed by atoms with Crippen LogP contribution < -0.4 is 5.32 Å². The molecule has 0 aliphatic heterocycles. The van der Waals surface area contributed by atoms with Crippen molar-refractivity contribution in [1.82, 2.24) is 0 Å². The number of nitrogens with one attached hydrogen (secondary N) is 1. The Morgan fingerprint density at radius 1 is 1.12 bits per heavy atom. The summed E-state index contributed by atoms with van der Waals surface area (Å²) in [6, 6.07) is 7.41. The summed E-state index contributed by atoms with van der Waals surface area (Å²) in [5.74, 6) is -2.00. The fourth-order valence-electron chi connectivity index (χ4n) is 2.14. The highest BCUT2D eigenvalue weighted by molar-refractivity contribution is 5.56. The average Bonchev–Trinajstić information content (AvgIpc) is 2.51. The second-order valence-electron chi connectivity index (χ2n) is 4.90. The highest BCUT2D eigenvalue weighted by Gasteiger charge is 2.34. The van der Waals surface area contributed by atoms with Gasteiger partial charge in [0, 0.05) is 12.2 Å². The highest BCUT2D eigenvalue weighted by atomic mass is 19.4. The fraction of sp³-hybridized carbons (Fsp3) is 0.188. The zero-order valence-corrected chi connectivity index (χ0v) is 12.0. The molecule has 0 saturated carbocycles. The van der Waals surface area contributed by atoms with Crippen LogP contribution >= 0.6 is 0 Å². The Bertz CT molecular complexity index is 763. The van der Waals surface area contributed by atoms with Crippen LogP contribution in [0.15, 0.2) is 36.4 Å². The molecule has 1 atom stereocenters. The Labute approximate surface area is 134 Å². The number of rotatable bonds is 4. The van der Waals surface area contributed by atoms with Gasteiger partial charge in [0.2, 0.25) is 0 Å². The molecule has 3 nitrogen and oxygen atoms in total. The lowest BCUT2D eigenvalue weighted by Gasteiger charge is -2.18. The first-order valence-electron chi connectivity index (χ1n) is 6.71. The van der Waals surface area contributed by atoms with E-state index in [-0.39, 0.29) is 5.56 Å². The second-order valence-corrected chi connectivity index (χ2v) is 4.90. The molecule has 0 spiro atoms. The van der Waals surface area contributed by atoms with E-state index in [1.807, 2.05) is 0 Å². The van der Waals surface area contributed by atoms with E-state index in [1.165, 1.54) is 0 Å². The summed E-state index contributed by atoms with van der Waals surface area (Å²) in [5.41, 5.74) is -2.33. The van der Waals surface area contributed by atoms with Gasteiger partial charge >= 0.3 is 6.18 Å². The van der Waals surface area contributed by atoms with Crippen LogP contribution in [0.1, 0.15) is 22.8 Å². The van der Waals surface area contributed by atoms with Crippen LogP contribution in [0.4, 0.5) is 27.6 Å². The quantitative estimate of drug-likeness (QED) is 0.826. The van der Waals surface area contributed by atoms with Gasteiger partial charge in [-0.15, -0.1) is 0 Å². The first-order valence-corrected chi connectivity index (χ1v) is 6.71. The van der Waals surface area contributed by atoms with E-state index in [0.29, 0.717) is 6.07 Å². The zero-order chi connectivity index (χ0) is 17.9. The minimum Gasteiger partial charge on any atom is -0.386 e. The van der Waals surface area contributed by atoms with Gasteiger partial charge in [0.15, 0.2) is 0 Å². The van der Waals surface area contributed by atoms with Crippen molar-refractivity contribution in [3.63, 3.8) is 0 Å². The molecule has 2 aromatic rings. The maximum Gasteiger partial charge on any atom is 0.418 e. The van der Waals surface area contributed by atoms with Gasteiger partial charge in [0.05, 0.1) is 22.8 Å². The van der Waals surface area contributed by atoms with E-state index in [1.54, 1.807) is 6.07 Å². The number of alkyl halides is 3. The molecule has 0 radical (unpaired) electrons. The van der Waals surface area contributed by atoms with E-state index in [0.717, 1.165) is 30.3 Å². The third kappa shape index (κ3) is 3.81. The number of halogens is 5. The summed E-state index contributed by atoms with van der Waals surface area (Å²) in [7, 11) is 0. The standard InChI is InChI=1S/C16H11F5N2O/c17-11-2-1-3-12(18)15(11)14(24)8-23-13-5-4-9(7-22)6-10(13)16(19,20)21/h1-6,14,23-24H,8H2. The molecule has 0 heterocycles. The molecule has 0 saturated heterocycles. The van der Waals surface area contributed by atoms with Crippen molar-refractivity contribution >= 4 is 5.69 Å². The Hall–Kier alpha value is -2.66. The number of nitrogens with zero attached hydrogens (tertiary/aromatic N) is 1. The maximum absolute atomic E-state index is 13.6. The molecule has 1 unspecified atom stereocenters. The monoisotopic (exact) mass is 342 g/mol. The van der Waals surface area contributed by atoms with Crippen molar-refractivity contribution < 1.29 is 27.1 Å². The molecule has 0 aliphatic carbocycles. The highest BCUT2D eigenvalue weighted by Crippen LogP contribution is 2.35.